The fourth-order valence-electron chi connectivity index (χ4n) is 1.76. The smallest absolute Gasteiger partial charge is 0.128 e. The predicted octanol–water partition coefficient (Wildman–Crippen LogP) is 5.50. The first-order valence-corrected chi connectivity index (χ1v) is 6.67. The van der Waals surface area contributed by atoms with Crippen LogP contribution < -0.4 is 0 Å². The molecular weight excluding hydrogens is 341 g/mol. The van der Waals surface area contributed by atoms with E-state index in [4.69, 9.17) is 11.6 Å². The monoisotopic (exact) mass is 348 g/mol. The van der Waals surface area contributed by atoms with Crippen LogP contribution in [0.1, 0.15) is 22.1 Å². The van der Waals surface area contributed by atoms with Gasteiger partial charge in [-0.05, 0) is 48.4 Å². The molecule has 1 unspecified atom stereocenters. The lowest BCUT2D eigenvalue weighted by molar-refractivity contribution is 0.579. The zero-order valence-electron chi connectivity index (χ0n) is 9.85. The normalized spacial score (nSPS) is 12.5. The Bertz CT molecular complexity index is 608. The largest absolute Gasteiger partial charge is 0.207 e. The van der Waals surface area contributed by atoms with Gasteiger partial charge in [0.2, 0.25) is 0 Å². The molecule has 0 N–H and O–H groups in total. The number of benzene rings is 2. The lowest BCUT2D eigenvalue weighted by Crippen LogP contribution is -2.00. The van der Waals surface area contributed by atoms with Gasteiger partial charge in [-0.2, -0.15) is 0 Å². The van der Waals surface area contributed by atoms with Crippen LogP contribution in [0, 0.1) is 24.4 Å². The molecule has 0 heterocycles. The van der Waals surface area contributed by atoms with Gasteiger partial charge in [0.1, 0.15) is 17.5 Å². The molecule has 2 rings (SSSR count). The van der Waals surface area contributed by atoms with Crippen molar-refractivity contribution in [1.82, 2.24) is 0 Å². The molecule has 0 radical (unpaired) electrons. The minimum absolute atomic E-state index is 0.0118. The molecule has 0 aliphatic carbocycles. The van der Waals surface area contributed by atoms with Crippen molar-refractivity contribution in [1.29, 1.82) is 0 Å². The third-order valence-electron chi connectivity index (χ3n) is 2.73. The maximum Gasteiger partial charge on any atom is 0.128 e. The van der Waals surface area contributed by atoms with Crippen LogP contribution in [-0.2, 0) is 0 Å². The Labute approximate surface area is 122 Å². The summed E-state index contributed by atoms with van der Waals surface area (Å²) in [5.41, 5.74) is 0.545. The molecule has 100 valence electrons. The van der Waals surface area contributed by atoms with Crippen molar-refractivity contribution in [3.8, 4) is 0 Å². The minimum Gasteiger partial charge on any atom is -0.207 e. The van der Waals surface area contributed by atoms with Crippen molar-refractivity contribution in [2.75, 3.05) is 0 Å². The van der Waals surface area contributed by atoms with Gasteiger partial charge in [-0.1, -0.05) is 15.9 Å². The van der Waals surface area contributed by atoms with Gasteiger partial charge in [-0.25, -0.2) is 13.2 Å². The maximum atomic E-state index is 13.8. The topological polar surface area (TPSA) is 0 Å². The van der Waals surface area contributed by atoms with E-state index in [1.165, 1.54) is 19.1 Å². The second-order valence-corrected chi connectivity index (χ2v) is 5.54. The van der Waals surface area contributed by atoms with Gasteiger partial charge in [0.25, 0.3) is 0 Å². The van der Waals surface area contributed by atoms with E-state index in [0.717, 1.165) is 12.1 Å². The van der Waals surface area contributed by atoms with E-state index in [1.54, 1.807) is 6.07 Å². The van der Waals surface area contributed by atoms with Crippen LogP contribution in [-0.4, -0.2) is 0 Å². The molecule has 0 saturated heterocycles. The summed E-state index contributed by atoms with van der Waals surface area (Å²) in [6.07, 6.45) is 0. The molecule has 2 aromatic rings. The number of hydrogen-bond acceptors (Lipinski definition) is 0. The van der Waals surface area contributed by atoms with E-state index in [2.05, 4.69) is 15.9 Å². The molecule has 0 fully saturated rings. The quantitative estimate of drug-likeness (QED) is 0.628. The Balaban J connectivity index is 2.49. The van der Waals surface area contributed by atoms with Crippen LogP contribution in [0.5, 0.6) is 0 Å². The lowest BCUT2D eigenvalue weighted by Gasteiger charge is -2.13. The summed E-state index contributed by atoms with van der Waals surface area (Å²) in [5, 5.41) is -0.956. The molecule has 0 amide bonds. The fraction of sp³-hybridized carbons (Fsp3) is 0.143. The molecule has 0 aliphatic rings. The lowest BCUT2D eigenvalue weighted by atomic mass is 10.0. The van der Waals surface area contributed by atoms with Crippen molar-refractivity contribution < 1.29 is 13.2 Å². The van der Waals surface area contributed by atoms with E-state index in [-0.39, 0.29) is 11.1 Å². The van der Waals surface area contributed by atoms with Gasteiger partial charge in [-0.3, -0.25) is 0 Å². The summed E-state index contributed by atoms with van der Waals surface area (Å²) >= 11 is 9.24. The van der Waals surface area contributed by atoms with E-state index in [1.807, 2.05) is 0 Å². The van der Waals surface area contributed by atoms with Crippen molar-refractivity contribution in [3.63, 3.8) is 0 Å². The van der Waals surface area contributed by atoms with E-state index >= 15 is 0 Å². The Morgan fingerprint density at radius 3 is 2.32 bits per heavy atom. The number of hydrogen-bond donors (Lipinski definition) is 0. The van der Waals surface area contributed by atoms with E-state index < -0.39 is 22.8 Å². The highest BCUT2D eigenvalue weighted by Crippen LogP contribution is 2.33. The summed E-state index contributed by atoms with van der Waals surface area (Å²) in [5.74, 6) is -1.65. The molecule has 0 bridgehead atoms. The highest BCUT2D eigenvalue weighted by molar-refractivity contribution is 9.10. The number of alkyl halides is 1. The highest BCUT2D eigenvalue weighted by Gasteiger charge is 2.18. The zero-order valence-corrected chi connectivity index (χ0v) is 12.2. The fourth-order valence-corrected chi connectivity index (χ4v) is 2.53. The zero-order chi connectivity index (χ0) is 14.2. The summed E-state index contributed by atoms with van der Waals surface area (Å²) in [6, 6.07) is 6.15. The van der Waals surface area contributed by atoms with Crippen LogP contribution in [0.3, 0.4) is 0 Å². The summed E-state index contributed by atoms with van der Waals surface area (Å²) in [6.45, 7) is 1.46. The average molecular weight is 350 g/mol. The Morgan fingerprint density at radius 1 is 1.00 bits per heavy atom. The van der Waals surface area contributed by atoms with Crippen LogP contribution in [0.25, 0.3) is 0 Å². The second kappa shape index (κ2) is 5.55. The minimum atomic E-state index is -0.956. The number of aryl methyl sites for hydroxylation is 1. The maximum absolute atomic E-state index is 13.8. The van der Waals surface area contributed by atoms with Crippen LogP contribution in [0.4, 0.5) is 13.2 Å². The Morgan fingerprint density at radius 2 is 1.68 bits per heavy atom. The third-order valence-corrected chi connectivity index (χ3v) is 3.67. The molecule has 19 heavy (non-hydrogen) atoms. The van der Waals surface area contributed by atoms with E-state index in [9.17, 15) is 13.2 Å². The van der Waals surface area contributed by atoms with Crippen LogP contribution in [0.2, 0.25) is 0 Å². The molecule has 0 saturated carbocycles. The van der Waals surface area contributed by atoms with Gasteiger partial charge >= 0.3 is 0 Å². The summed E-state index contributed by atoms with van der Waals surface area (Å²) in [4.78, 5) is 0. The van der Waals surface area contributed by atoms with Gasteiger partial charge in [-0.15, -0.1) is 11.6 Å². The molecular formula is C14H9BrClF3. The molecule has 0 spiro atoms. The first-order chi connectivity index (χ1) is 8.88. The Kier molecular flexibility index (Phi) is 4.21. The summed E-state index contributed by atoms with van der Waals surface area (Å²) < 4.78 is 41.1. The molecule has 0 aliphatic heterocycles. The standard InChI is InChI=1S/C14H9BrClF3/c1-7-2-13(19)11(6-12(7)18)14(16)8-3-9(15)5-10(17)4-8/h2-6,14H,1H3. The van der Waals surface area contributed by atoms with Gasteiger partial charge < -0.3 is 0 Å². The molecule has 2 aromatic carbocycles. The number of halogens is 5. The molecule has 0 nitrogen and oxygen atoms in total. The predicted molar refractivity (Wildman–Crippen MR) is 72.9 cm³/mol. The van der Waals surface area contributed by atoms with Gasteiger partial charge in [0, 0.05) is 10.0 Å². The van der Waals surface area contributed by atoms with Crippen molar-refractivity contribution in [3.05, 3.63) is 68.9 Å². The van der Waals surface area contributed by atoms with Gasteiger partial charge in [0.15, 0.2) is 0 Å². The second-order valence-electron chi connectivity index (χ2n) is 4.19. The highest BCUT2D eigenvalue weighted by atomic mass is 79.9. The molecule has 1 atom stereocenters. The first kappa shape index (κ1) is 14.4. The van der Waals surface area contributed by atoms with Crippen molar-refractivity contribution in [2.24, 2.45) is 0 Å². The summed E-state index contributed by atoms with van der Waals surface area (Å²) in [7, 11) is 0. The molecule has 5 heteroatoms. The Hall–Kier alpha value is -1.00. The van der Waals surface area contributed by atoms with Gasteiger partial charge in [0.05, 0.1) is 5.38 Å². The average Bonchev–Trinajstić information content (AvgIpc) is 2.31. The van der Waals surface area contributed by atoms with Crippen LogP contribution >= 0.6 is 27.5 Å². The SMILES string of the molecule is Cc1cc(F)c(C(Cl)c2cc(F)cc(Br)c2)cc1F. The first-order valence-electron chi connectivity index (χ1n) is 5.44. The molecule has 0 aromatic heterocycles. The third kappa shape index (κ3) is 3.12. The van der Waals surface area contributed by atoms with Crippen molar-refractivity contribution in [2.45, 2.75) is 12.3 Å². The van der Waals surface area contributed by atoms with E-state index in [0.29, 0.717) is 10.0 Å². The van der Waals surface area contributed by atoms with Crippen LogP contribution in [0.15, 0.2) is 34.8 Å². The van der Waals surface area contributed by atoms with Crippen molar-refractivity contribution >= 4 is 27.5 Å². The number of rotatable bonds is 2.